The summed E-state index contributed by atoms with van der Waals surface area (Å²) in [7, 11) is 1.63. The molecule has 6 heteroatoms. The lowest BCUT2D eigenvalue weighted by Crippen LogP contribution is -2.38. The molecule has 0 spiro atoms. The van der Waals surface area contributed by atoms with E-state index in [9.17, 15) is 4.79 Å². The van der Waals surface area contributed by atoms with Crippen molar-refractivity contribution in [2.24, 2.45) is 5.92 Å². The van der Waals surface area contributed by atoms with Crippen molar-refractivity contribution in [3.63, 3.8) is 0 Å². The van der Waals surface area contributed by atoms with Gasteiger partial charge in [-0.3, -0.25) is 4.79 Å². The molecule has 0 fully saturated rings. The molecule has 1 aromatic carbocycles. The van der Waals surface area contributed by atoms with Gasteiger partial charge in [0.2, 0.25) is 5.91 Å². The molecule has 1 aromatic heterocycles. The molecule has 0 saturated heterocycles. The number of amides is 1. The summed E-state index contributed by atoms with van der Waals surface area (Å²) in [6.45, 7) is 5.10. The first kappa shape index (κ1) is 16.8. The predicted octanol–water partition coefficient (Wildman–Crippen LogP) is 2.68. The molecule has 1 atom stereocenters. The Morgan fingerprint density at radius 2 is 2.29 bits per heavy atom. The SMILES string of the molecule is COc1ccc2c(c1)OC[C@H](C(=O)NCCc1nc(C)c(C)s1)C2. The Hall–Kier alpha value is -2.08. The van der Waals surface area contributed by atoms with Crippen molar-refractivity contribution in [2.45, 2.75) is 26.7 Å². The Bertz CT molecular complexity index is 722. The molecule has 1 aliphatic heterocycles. The molecule has 2 heterocycles. The highest BCUT2D eigenvalue weighted by molar-refractivity contribution is 7.11. The van der Waals surface area contributed by atoms with Crippen LogP contribution < -0.4 is 14.8 Å². The molecule has 24 heavy (non-hydrogen) atoms. The van der Waals surface area contributed by atoms with E-state index in [1.807, 2.05) is 25.1 Å². The van der Waals surface area contributed by atoms with Crippen LogP contribution in [0.2, 0.25) is 0 Å². The summed E-state index contributed by atoms with van der Waals surface area (Å²) in [5.41, 5.74) is 2.13. The zero-order chi connectivity index (χ0) is 17.1. The minimum Gasteiger partial charge on any atom is -0.497 e. The minimum absolute atomic E-state index is 0.0430. The lowest BCUT2D eigenvalue weighted by Gasteiger charge is -2.25. The number of carbonyl (C=O) groups is 1. The van der Waals surface area contributed by atoms with Crippen LogP contribution in [0.4, 0.5) is 0 Å². The molecule has 0 aliphatic carbocycles. The number of nitrogens with zero attached hydrogens (tertiary/aromatic N) is 1. The summed E-state index contributed by atoms with van der Waals surface area (Å²) in [4.78, 5) is 18.1. The van der Waals surface area contributed by atoms with Gasteiger partial charge in [-0.1, -0.05) is 6.07 Å². The molecular weight excluding hydrogens is 324 g/mol. The number of aromatic nitrogens is 1. The molecule has 0 unspecified atom stereocenters. The lowest BCUT2D eigenvalue weighted by molar-refractivity contribution is -0.126. The van der Waals surface area contributed by atoms with Crippen molar-refractivity contribution in [3.8, 4) is 11.5 Å². The van der Waals surface area contributed by atoms with E-state index in [0.29, 0.717) is 19.6 Å². The Kier molecular flexibility index (Phi) is 5.04. The molecule has 0 radical (unpaired) electrons. The molecule has 0 saturated carbocycles. The van der Waals surface area contributed by atoms with E-state index in [1.165, 1.54) is 4.88 Å². The summed E-state index contributed by atoms with van der Waals surface area (Å²) in [6, 6.07) is 5.74. The third-order valence-electron chi connectivity index (χ3n) is 4.26. The number of aryl methyl sites for hydroxylation is 2. The van der Waals surface area contributed by atoms with Gasteiger partial charge in [0.25, 0.3) is 0 Å². The van der Waals surface area contributed by atoms with E-state index >= 15 is 0 Å². The van der Waals surface area contributed by atoms with Crippen LogP contribution >= 0.6 is 11.3 Å². The van der Waals surface area contributed by atoms with Gasteiger partial charge in [-0.2, -0.15) is 0 Å². The summed E-state index contributed by atoms with van der Waals surface area (Å²) in [5.74, 6) is 1.48. The van der Waals surface area contributed by atoms with Gasteiger partial charge in [-0.25, -0.2) is 4.98 Å². The van der Waals surface area contributed by atoms with Crippen LogP contribution in [-0.4, -0.2) is 31.2 Å². The Balaban J connectivity index is 1.52. The van der Waals surface area contributed by atoms with Crippen LogP contribution in [0.1, 0.15) is 21.1 Å². The number of hydrogen-bond donors (Lipinski definition) is 1. The standard InChI is InChI=1S/C18H22N2O3S/c1-11-12(2)24-17(20-11)6-7-19-18(21)14-8-13-4-5-15(22-3)9-16(13)23-10-14/h4-5,9,14H,6-8,10H2,1-3H3,(H,19,21)/t14-/m1/s1. The largest absolute Gasteiger partial charge is 0.497 e. The van der Waals surface area contributed by atoms with Crippen LogP contribution in [0, 0.1) is 19.8 Å². The van der Waals surface area contributed by atoms with Crippen molar-refractivity contribution in [1.29, 1.82) is 0 Å². The smallest absolute Gasteiger partial charge is 0.226 e. The first-order valence-corrected chi connectivity index (χ1v) is 8.89. The molecule has 5 nitrogen and oxygen atoms in total. The maximum atomic E-state index is 12.4. The van der Waals surface area contributed by atoms with E-state index in [1.54, 1.807) is 18.4 Å². The van der Waals surface area contributed by atoms with Crippen molar-refractivity contribution in [2.75, 3.05) is 20.3 Å². The van der Waals surface area contributed by atoms with Crippen molar-refractivity contribution in [1.82, 2.24) is 10.3 Å². The number of fused-ring (bicyclic) bond motifs is 1. The molecule has 1 aliphatic rings. The number of methoxy groups -OCH3 is 1. The fourth-order valence-electron chi connectivity index (χ4n) is 2.73. The van der Waals surface area contributed by atoms with Crippen LogP contribution in [0.3, 0.4) is 0 Å². The average Bonchev–Trinajstić information content (AvgIpc) is 2.91. The van der Waals surface area contributed by atoms with Crippen molar-refractivity contribution < 1.29 is 14.3 Å². The van der Waals surface area contributed by atoms with Crippen molar-refractivity contribution >= 4 is 17.2 Å². The number of hydrogen-bond acceptors (Lipinski definition) is 5. The number of thiazole rings is 1. The summed E-state index contributed by atoms with van der Waals surface area (Å²) in [5, 5.41) is 4.08. The normalized spacial score (nSPS) is 16.2. The van der Waals surface area contributed by atoms with Crippen LogP contribution in [0.15, 0.2) is 18.2 Å². The number of rotatable bonds is 5. The highest BCUT2D eigenvalue weighted by Crippen LogP contribution is 2.31. The fraction of sp³-hybridized carbons (Fsp3) is 0.444. The zero-order valence-electron chi connectivity index (χ0n) is 14.2. The molecule has 2 aromatic rings. The van der Waals surface area contributed by atoms with E-state index in [-0.39, 0.29) is 11.8 Å². The fourth-order valence-corrected chi connectivity index (χ4v) is 3.66. The topological polar surface area (TPSA) is 60.5 Å². The average molecular weight is 346 g/mol. The quantitative estimate of drug-likeness (QED) is 0.904. The third-order valence-corrected chi connectivity index (χ3v) is 5.40. The van der Waals surface area contributed by atoms with E-state index in [4.69, 9.17) is 9.47 Å². The van der Waals surface area contributed by atoms with Gasteiger partial charge in [-0.05, 0) is 31.9 Å². The van der Waals surface area contributed by atoms with Gasteiger partial charge in [-0.15, -0.1) is 11.3 Å². The molecule has 1 N–H and O–H groups in total. The molecule has 128 valence electrons. The molecule has 1 amide bonds. The van der Waals surface area contributed by atoms with E-state index < -0.39 is 0 Å². The number of nitrogens with one attached hydrogen (secondary N) is 1. The second-order valence-electron chi connectivity index (χ2n) is 5.98. The molecular formula is C18H22N2O3S. The Morgan fingerprint density at radius 3 is 3.00 bits per heavy atom. The van der Waals surface area contributed by atoms with Gasteiger partial charge < -0.3 is 14.8 Å². The second-order valence-corrected chi connectivity index (χ2v) is 7.26. The Labute approximate surface area is 146 Å². The van der Waals surface area contributed by atoms with Gasteiger partial charge in [0, 0.05) is 23.9 Å². The monoisotopic (exact) mass is 346 g/mol. The Morgan fingerprint density at radius 1 is 1.46 bits per heavy atom. The number of benzene rings is 1. The number of carbonyl (C=O) groups excluding carboxylic acids is 1. The molecule has 0 bridgehead atoms. The maximum Gasteiger partial charge on any atom is 0.226 e. The second kappa shape index (κ2) is 7.21. The highest BCUT2D eigenvalue weighted by atomic mass is 32.1. The van der Waals surface area contributed by atoms with E-state index in [0.717, 1.165) is 34.2 Å². The van der Waals surface area contributed by atoms with Gasteiger partial charge in [0.1, 0.15) is 18.1 Å². The number of ether oxygens (including phenoxy) is 2. The van der Waals surface area contributed by atoms with Gasteiger partial charge in [0.15, 0.2) is 0 Å². The van der Waals surface area contributed by atoms with Crippen molar-refractivity contribution in [3.05, 3.63) is 39.3 Å². The van der Waals surface area contributed by atoms with Gasteiger partial charge in [0.05, 0.1) is 23.7 Å². The van der Waals surface area contributed by atoms with Crippen LogP contribution in [0.25, 0.3) is 0 Å². The molecule has 3 rings (SSSR count). The first-order chi connectivity index (χ1) is 11.6. The third kappa shape index (κ3) is 3.70. The minimum atomic E-state index is -0.148. The lowest BCUT2D eigenvalue weighted by atomic mass is 9.96. The highest BCUT2D eigenvalue weighted by Gasteiger charge is 2.26. The predicted molar refractivity (Wildman–Crippen MR) is 94.0 cm³/mol. The van der Waals surface area contributed by atoms with E-state index in [2.05, 4.69) is 17.2 Å². The van der Waals surface area contributed by atoms with Crippen LogP contribution in [-0.2, 0) is 17.6 Å². The first-order valence-electron chi connectivity index (χ1n) is 8.07. The van der Waals surface area contributed by atoms with Crippen LogP contribution in [0.5, 0.6) is 11.5 Å². The summed E-state index contributed by atoms with van der Waals surface area (Å²) in [6.07, 6.45) is 1.47. The van der Waals surface area contributed by atoms with Gasteiger partial charge >= 0.3 is 0 Å². The summed E-state index contributed by atoms with van der Waals surface area (Å²) < 4.78 is 10.9. The maximum absolute atomic E-state index is 12.4. The summed E-state index contributed by atoms with van der Waals surface area (Å²) >= 11 is 1.70. The zero-order valence-corrected chi connectivity index (χ0v) is 15.0.